The third-order valence-electron chi connectivity index (χ3n) is 5.13. The molecule has 152 valence electrons. The quantitative estimate of drug-likeness (QED) is 0.447. The smallest absolute Gasteiger partial charge is 0.272 e. The largest absolute Gasteiger partial charge is 0.496 e. The first-order chi connectivity index (χ1) is 13.9. The summed E-state index contributed by atoms with van der Waals surface area (Å²) in [4.78, 5) is 10.9. The van der Waals surface area contributed by atoms with Crippen LogP contribution in [0.15, 0.2) is 54.9 Å². The molecule has 1 heterocycles. The lowest BCUT2D eigenvalue weighted by Gasteiger charge is -2.22. The maximum Gasteiger partial charge on any atom is 0.272 e. The predicted octanol–water partition coefficient (Wildman–Crippen LogP) is 4.57. The highest BCUT2D eigenvalue weighted by atomic mass is 16.6. The lowest BCUT2D eigenvalue weighted by atomic mass is 10.0. The summed E-state index contributed by atoms with van der Waals surface area (Å²) in [7, 11) is 1.66. The van der Waals surface area contributed by atoms with E-state index in [1.54, 1.807) is 32.4 Å². The number of hydrogen-bond acceptors (Lipinski definition) is 5. The molecule has 0 fully saturated rings. The van der Waals surface area contributed by atoms with Gasteiger partial charge in [0.15, 0.2) is 0 Å². The summed E-state index contributed by atoms with van der Waals surface area (Å²) in [5, 5.41) is 19.0. The molecule has 7 heteroatoms. The normalized spacial score (nSPS) is 13.1. The molecule has 29 heavy (non-hydrogen) atoms. The van der Waals surface area contributed by atoms with E-state index in [0.717, 1.165) is 22.4 Å². The second kappa shape index (κ2) is 8.87. The SMILES string of the molecule is COc1ccc(C(C)NC(C)c2ccc(C)c([N+](=O)[O-])c2)cc1Cn1cccn1. The minimum atomic E-state index is -0.333. The molecule has 1 N–H and O–H groups in total. The van der Waals surface area contributed by atoms with Gasteiger partial charge in [-0.2, -0.15) is 5.10 Å². The number of nitro groups is 1. The number of methoxy groups -OCH3 is 1. The lowest BCUT2D eigenvalue weighted by molar-refractivity contribution is -0.385. The molecule has 0 aliphatic carbocycles. The van der Waals surface area contributed by atoms with E-state index >= 15 is 0 Å². The molecule has 7 nitrogen and oxygen atoms in total. The Morgan fingerprint density at radius 3 is 2.48 bits per heavy atom. The molecule has 3 rings (SSSR count). The van der Waals surface area contributed by atoms with Crippen molar-refractivity contribution < 1.29 is 9.66 Å². The summed E-state index contributed by atoms with van der Waals surface area (Å²) in [6.45, 7) is 6.47. The first kappa shape index (κ1) is 20.5. The fourth-order valence-electron chi connectivity index (χ4n) is 3.42. The molecular formula is C22H26N4O3. The van der Waals surface area contributed by atoms with E-state index in [2.05, 4.69) is 23.4 Å². The molecule has 2 unspecified atom stereocenters. The molecule has 2 atom stereocenters. The molecular weight excluding hydrogens is 368 g/mol. The first-order valence-corrected chi connectivity index (χ1v) is 9.54. The van der Waals surface area contributed by atoms with Crippen LogP contribution in [0, 0.1) is 17.0 Å². The number of aromatic nitrogens is 2. The number of rotatable bonds is 8. The van der Waals surface area contributed by atoms with Crippen LogP contribution < -0.4 is 10.1 Å². The van der Waals surface area contributed by atoms with Crippen molar-refractivity contribution in [2.75, 3.05) is 7.11 Å². The minimum absolute atomic E-state index is 0.0408. The van der Waals surface area contributed by atoms with E-state index in [1.165, 1.54) is 0 Å². The minimum Gasteiger partial charge on any atom is -0.496 e. The number of ether oxygens (including phenoxy) is 1. The number of benzene rings is 2. The van der Waals surface area contributed by atoms with Gasteiger partial charge in [0.1, 0.15) is 5.75 Å². The van der Waals surface area contributed by atoms with Crippen molar-refractivity contribution in [2.24, 2.45) is 0 Å². The highest BCUT2D eigenvalue weighted by Gasteiger charge is 2.17. The summed E-state index contributed by atoms with van der Waals surface area (Å²) < 4.78 is 7.36. The Bertz CT molecular complexity index is 986. The van der Waals surface area contributed by atoms with Gasteiger partial charge in [-0.3, -0.25) is 14.8 Å². The van der Waals surface area contributed by atoms with Gasteiger partial charge in [0.2, 0.25) is 0 Å². The van der Waals surface area contributed by atoms with Crippen molar-refractivity contribution in [1.29, 1.82) is 0 Å². The third-order valence-corrected chi connectivity index (χ3v) is 5.13. The molecule has 0 aliphatic rings. The molecule has 0 bridgehead atoms. The second-order valence-electron chi connectivity index (χ2n) is 7.19. The van der Waals surface area contributed by atoms with Crippen molar-refractivity contribution in [2.45, 2.75) is 39.4 Å². The Morgan fingerprint density at radius 1 is 1.17 bits per heavy atom. The van der Waals surface area contributed by atoms with Crippen LogP contribution in [0.25, 0.3) is 0 Å². The van der Waals surface area contributed by atoms with Gasteiger partial charge in [-0.05, 0) is 50.1 Å². The Balaban J connectivity index is 1.78. The summed E-state index contributed by atoms with van der Waals surface area (Å²) in [6, 6.07) is 13.4. The Kier molecular flexibility index (Phi) is 6.29. The maximum absolute atomic E-state index is 11.2. The van der Waals surface area contributed by atoms with Gasteiger partial charge in [0.05, 0.1) is 18.6 Å². The van der Waals surface area contributed by atoms with Crippen LogP contribution in [0.5, 0.6) is 5.75 Å². The summed E-state index contributed by atoms with van der Waals surface area (Å²) >= 11 is 0. The topological polar surface area (TPSA) is 82.2 Å². The van der Waals surface area contributed by atoms with Crippen molar-refractivity contribution in [3.05, 3.63) is 87.2 Å². The van der Waals surface area contributed by atoms with E-state index in [1.807, 2.05) is 42.1 Å². The zero-order valence-electron chi connectivity index (χ0n) is 17.1. The molecule has 2 aromatic carbocycles. The van der Waals surface area contributed by atoms with E-state index in [-0.39, 0.29) is 22.7 Å². The standard InChI is InChI=1S/C22H26N4O3/c1-15-6-7-19(13-21(15)26(27)28)17(3)24-16(2)18-8-9-22(29-4)20(12-18)14-25-11-5-10-23-25/h5-13,16-17,24H,14H2,1-4H3. The van der Waals surface area contributed by atoms with Crippen LogP contribution in [0.4, 0.5) is 5.69 Å². The first-order valence-electron chi connectivity index (χ1n) is 9.54. The fourth-order valence-corrected chi connectivity index (χ4v) is 3.42. The van der Waals surface area contributed by atoms with Crippen LogP contribution in [-0.2, 0) is 6.54 Å². The number of aryl methyl sites for hydroxylation is 1. The Morgan fingerprint density at radius 2 is 1.86 bits per heavy atom. The van der Waals surface area contributed by atoms with Crippen LogP contribution in [0.1, 0.15) is 48.2 Å². The zero-order chi connectivity index (χ0) is 21.0. The molecule has 0 saturated carbocycles. The van der Waals surface area contributed by atoms with Gasteiger partial charge in [0.25, 0.3) is 5.69 Å². The van der Waals surface area contributed by atoms with E-state index in [4.69, 9.17) is 4.74 Å². The molecule has 0 amide bonds. The van der Waals surface area contributed by atoms with Crippen LogP contribution in [0.2, 0.25) is 0 Å². The Hall–Kier alpha value is -3.19. The molecule has 0 radical (unpaired) electrons. The van der Waals surface area contributed by atoms with E-state index in [0.29, 0.717) is 12.1 Å². The summed E-state index contributed by atoms with van der Waals surface area (Å²) in [6.07, 6.45) is 3.67. The van der Waals surface area contributed by atoms with Gasteiger partial charge in [-0.15, -0.1) is 0 Å². The van der Waals surface area contributed by atoms with Crippen molar-refractivity contribution >= 4 is 5.69 Å². The number of hydrogen-bond donors (Lipinski definition) is 1. The second-order valence-corrected chi connectivity index (χ2v) is 7.19. The fraction of sp³-hybridized carbons (Fsp3) is 0.318. The number of nitrogens with zero attached hydrogens (tertiary/aromatic N) is 3. The molecule has 0 saturated heterocycles. The number of nitrogens with one attached hydrogen (secondary N) is 1. The lowest BCUT2D eigenvalue weighted by Crippen LogP contribution is -2.23. The van der Waals surface area contributed by atoms with Gasteiger partial charge in [0, 0.05) is 41.7 Å². The van der Waals surface area contributed by atoms with Crippen LogP contribution in [-0.4, -0.2) is 21.8 Å². The van der Waals surface area contributed by atoms with Crippen molar-refractivity contribution in [3.8, 4) is 5.75 Å². The average molecular weight is 394 g/mol. The van der Waals surface area contributed by atoms with Gasteiger partial charge < -0.3 is 10.1 Å². The van der Waals surface area contributed by atoms with E-state index < -0.39 is 0 Å². The zero-order valence-corrected chi connectivity index (χ0v) is 17.1. The van der Waals surface area contributed by atoms with Crippen molar-refractivity contribution in [1.82, 2.24) is 15.1 Å². The highest BCUT2D eigenvalue weighted by molar-refractivity contribution is 5.43. The summed E-state index contributed by atoms with van der Waals surface area (Å²) in [5.41, 5.74) is 3.86. The van der Waals surface area contributed by atoms with E-state index in [9.17, 15) is 10.1 Å². The molecule has 1 aromatic heterocycles. The molecule has 0 spiro atoms. The van der Waals surface area contributed by atoms with Crippen molar-refractivity contribution in [3.63, 3.8) is 0 Å². The average Bonchev–Trinajstić information content (AvgIpc) is 3.21. The molecule has 3 aromatic rings. The highest BCUT2D eigenvalue weighted by Crippen LogP contribution is 2.28. The Labute approximate surface area is 170 Å². The third kappa shape index (κ3) is 4.81. The van der Waals surface area contributed by atoms with Gasteiger partial charge >= 0.3 is 0 Å². The number of nitro benzene ring substituents is 1. The van der Waals surface area contributed by atoms with Crippen LogP contribution >= 0.6 is 0 Å². The van der Waals surface area contributed by atoms with Gasteiger partial charge in [-0.25, -0.2) is 0 Å². The maximum atomic E-state index is 11.2. The predicted molar refractivity (Wildman–Crippen MR) is 112 cm³/mol. The van der Waals surface area contributed by atoms with Crippen LogP contribution in [0.3, 0.4) is 0 Å². The van der Waals surface area contributed by atoms with Gasteiger partial charge in [-0.1, -0.05) is 18.2 Å². The monoisotopic (exact) mass is 394 g/mol. The summed E-state index contributed by atoms with van der Waals surface area (Å²) in [5.74, 6) is 0.818. The molecule has 0 aliphatic heterocycles.